The second-order valence-corrected chi connectivity index (χ2v) is 4.71. The molecule has 0 radical (unpaired) electrons. The molecule has 1 atom stereocenters. The largest absolute Gasteiger partial charge is 0.469 e. The second kappa shape index (κ2) is 6.43. The Bertz CT molecular complexity index is 352. The lowest BCUT2D eigenvalue weighted by molar-refractivity contribution is -0.141. The smallest absolute Gasteiger partial charge is 0.306 e. The Morgan fingerprint density at radius 1 is 1.18 bits per heavy atom. The van der Waals surface area contributed by atoms with Gasteiger partial charge in [0.25, 0.3) is 0 Å². The standard InChI is InChI=1S/C15H22O2/c1-5-12(10-15(16)17-4)14-8-6-13(7-9-14)11(2)3/h6-9,11-12H,5,10H2,1-4H3. The molecule has 0 saturated heterocycles. The summed E-state index contributed by atoms with van der Waals surface area (Å²) < 4.78 is 4.73. The van der Waals surface area contributed by atoms with Gasteiger partial charge in [0.15, 0.2) is 0 Å². The Morgan fingerprint density at radius 3 is 2.12 bits per heavy atom. The van der Waals surface area contributed by atoms with Crippen LogP contribution in [-0.2, 0) is 9.53 Å². The molecule has 0 aromatic heterocycles. The molecule has 2 heteroatoms. The first kappa shape index (κ1) is 13.8. The molecule has 0 N–H and O–H groups in total. The minimum absolute atomic E-state index is 0.134. The SMILES string of the molecule is CCC(CC(=O)OC)c1ccc(C(C)C)cc1. The van der Waals surface area contributed by atoms with Gasteiger partial charge >= 0.3 is 5.97 Å². The predicted octanol–water partition coefficient (Wildman–Crippen LogP) is 3.87. The number of esters is 1. The third-order valence-electron chi connectivity index (χ3n) is 3.21. The molecule has 17 heavy (non-hydrogen) atoms. The van der Waals surface area contributed by atoms with E-state index in [4.69, 9.17) is 4.74 Å². The van der Waals surface area contributed by atoms with Gasteiger partial charge < -0.3 is 4.74 Å². The molecular weight excluding hydrogens is 212 g/mol. The van der Waals surface area contributed by atoms with Gasteiger partial charge in [-0.05, 0) is 29.4 Å². The highest BCUT2D eigenvalue weighted by Crippen LogP contribution is 2.25. The van der Waals surface area contributed by atoms with Crippen LogP contribution in [0.2, 0.25) is 0 Å². The first-order chi connectivity index (χ1) is 8.08. The number of ether oxygens (including phenoxy) is 1. The first-order valence-electron chi connectivity index (χ1n) is 6.25. The summed E-state index contributed by atoms with van der Waals surface area (Å²) in [5, 5.41) is 0. The number of rotatable bonds is 5. The van der Waals surface area contributed by atoms with Crippen molar-refractivity contribution in [3.63, 3.8) is 0 Å². The maximum atomic E-state index is 11.3. The first-order valence-corrected chi connectivity index (χ1v) is 6.25. The number of hydrogen-bond donors (Lipinski definition) is 0. The van der Waals surface area contributed by atoms with E-state index in [1.807, 2.05) is 0 Å². The van der Waals surface area contributed by atoms with Crippen molar-refractivity contribution in [3.8, 4) is 0 Å². The third kappa shape index (κ3) is 3.88. The van der Waals surface area contributed by atoms with E-state index in [9.17, 15) is 4.79 Å². The summed E-state index contributed by atoms with van der Waals surface area (Å²) in [5.74, 6) is 0.679. The summed E-state index contributed by atoms with van der Waals surface area (Å²) in [4.78, 5) is 11.3. The number of carbonyl (C=O) groups is 1. The molecule has 2 nitrogen and oxygen atoms in total. The molecule has 0 fully saturated rings. The van der Waals surface area contributed by atoms with Crippen LogP contribution in [0.15, 0.2) is 24.3 Å². The lowest BCUT2D eigenvalue weighted by Gasteiger charge is -2.15. The van der Waals surface area contributed by atoms with Gasteiger partial charge in [-0.25, -0.2) is 0 Å². The van der Waals surface area contributed by atoms with Gasteiger partial charge in [-0.1, -0.05) is 45.0 Å². The summed E-state index contributed by atoms with van der Waals surface area (Å²) in [5.41, 5.74) is 2.56. The van der Waals surface area contributed by atoms with E-state index in [1.165, 1.54) is 18.2 Å². The fourth-order valence-electron chi connectivity index (χ4n) is 1.94. The van der Waals surface area contributed by atoms with Crippen LogP contribution in [-0.4, -0.2) is 13.1 Å². The third-order valence-corrected chi connectivity index (χ3v) is 3.21. The maximum Gasteiger partial charge on any atom is 0.306 e. The monoisotopic (exact) mass is 234 g/mol. The molecule has 94 valence electrons. The Labute approximate surface area is 104 Å². The average molecular weight is 234 g/mol. The summed E-state index contributed by atoms with van der Waals surface area (Å²) >= 11 is 0. The average Bonchev–Trinajstić information content (AvgIpc) is 2.35. The van der Waals surface area contributed by atoms with E-state index in [-0.39, 0.29) is 11.9 Å². The zero-order valence-electron chi connectivity index (χ0n) is 11.2. The number of benzene rings is 1. The number of hydrogen-bond acceptors (Lipinski definition) is 2. The van der Waals surface area contributed by atoms with Crippen molar-refractivity contribution in [1.82, 2.24) is 0 Å². The van der Waals surface area contributed by atoms with Crippen LogP contribution < -0.4 is 0 Å². The van der Waals surface area contributed by atoms with Crippen LogP contribution in [0, 0.1) is 0 Å². The lowest BCUT2D eigenvalue weighted by atomic mass is 9.91. The zero-order chi connectivity index (χ0) is 12.8. The van der Waals surface area contributed by atoms with Gasteiger partial charge in [0.2, 0.25) is 0 Å². The van der Waals surface area contributed by atoms with E-state index >= 15 is 0 Å². The molecule has 0 saturated carbocycles. The van der Waals surface area contributed by atoms with Gasteiger partial charge in [0.05, 0.1) is 13.5 Å². The Hall–Kier alpha value is -1.31. The quantitative estimate of drug-likeness (QED) is 0.723. The van der Waals surface area contributed by atoms with Crippen LogP contribution in [0.3, 0.4) is 0 Å². The molecule has 0 aliphatic rings. The normalized spacial score (nSPS) is 12.5. The molecule has 1 rings (SSSR count). The van der Waals surface area contributed by atoms with Crippen molar-refractivity contribution in [2.45, 2.75) is 45.4 Å². The van der Waals surface area contributed by atoms with Gasteiger partial charge in [0, 0.05) is 0 Å². The summed E-state index contributed by atoms with van der Waals surface area (Å²) in [6, 6.07) is 8.57. The molecule has 0 spiro atoms. The minimum Gasteiger partial charge on any atom is -0.469 e. The molecule has 0 aliphatic carbocycles. The van der Waals surface area contributed by atoms with E-state index in [1.54, 1.807) is 0 Å². The van der Waals surface area contributed by atoms with Gasteiger partial charge in [0.1, 0.15) is 0 Å². The Balaban J connectivity index is 2.78. The number of methoxy groups -OCH3 is 1. The fourth-order valence-corrected chi connectivity index (χ4v) is 1.94. The Kier molecular flexibility index (Phi) is 5.20. The fraction of sp³-hybridized carbons (Fsp3) is 0.533. The van der Waals surface area contributed by atoms with Crippen molar-refractivity contribution in [3.05, 3.63) is 35.4 Å². The van der Waals surface area contributed by atoms with Crippen LogP contribution >= 0.6 is 0 Å². The highest BCUT2D eigenvalue weighted by molar-refractivity contribution is 5.70. The molecule has 1 unspecified atom stereocenters. The molecular formula is C15H22O2. The summed E-state index contributed by atoms with van der Waals surface area (Å²) in [7, 11) is 1.44. The van der Waals surface area contributed by atoms with E-state index in [0.717, 1.165) is 6.42 Å². The van der Waals surface area contributed by atoms with Crippen molar-refractivity contribution >= 4 is 5.97 Å². The van der Waals surface area contributed by atoms with Gasteiger partial charge in [-0.2, -0.15) is 0 Å². The number of carbonyl (C=O) groups excluding carboxylic acids is 1. The zero-order valence-corrected chi connectivity index (χ0v) is 11.2. The van der Waals surface area contributed by atoms with Crippen LogP contribution in [0.1, 0.15) is 56.6 Å². The van der Waals surface area contributed by atoms with E-state index in [0.29, 0.717) is 12.3 Å². The minimum atomic E-state index is -0.134. The van der Waals surface area contributed by atoms with Crippen molar-refractivity contribution in [1.29, 1.82) is 0 Å². The second-order valence-electron chi connectivity index (χ2n) is 4.71. The maximum absolute atomic E-state index is 11.3. The molecule has 1 aromatic rings. The summed E-state index contributed by atoms with van der Waals surface area (Å²) in [6.07, 6.45) is 1.42. The molecule has 0 aliphatic heterocycles. The summed E-state index contributed by atoms with van der Waals surface area (Å²) in [6.45, 7) is 6.46. The highest BCUT2D eigenvalue weighted by Gasteiger charge is 2.14. The van der Waals surface area contributed by atoms with Gasteiger partial charge in [-0.3, -0.25) is 4.79 Å². The van der Waals surface area contributed by atoms with Crippen LogP contribution in [0.5, 0.6) is 0 Å². The van der Waals surface area contributed by atoms with Crippen LogP contribution in [0.25, 0.3) is 0 Å². The lowest BCUT2D eigenvalue weighted by Crippen LogP contribution is -2.08. The predicted molar refractivity (Wildman–Crippen MR) is 70.2 cm³/mol. The molecule has 1 aromatic carbocycles. The molecule has 0 heterocycles. The van der Waals surface area contributed by atoms with E-state index in [2.05, 4.69) is 45.0 Å². The van der Waals surface area contributed by atoms with Crippen LogP contribution in [0.4, 0.5) is 0 Å². The molecule has 0 bridgehead atoms. The topological polar surface area (TPSA) is 26.3 Å². The van der Waals surface area contributed by atoms with Crippen molar-refractivity contribution in [2.24, 2.45) is 0 Å². The van der Waals surface area contributed by atoms with Crippen molar-refractivity contribution < 1.29 is 9.53 Å². The highest BCUT2D eigenvalue weighted by atomic mass is 16.5. The van der Waals surface area contributed by atoms with Gasteiger partial charge in [-0.15, -0.1) is 0 Å². The molecule has 0 amide bonds. The Morgan fingerprint density at radius 2 is 1.71 bits per heavy atom. The van der Waals surface area contributed by atoms with E-state index < -0.39 is 0 Å². The van der Waals surface area contributed by atoms with Crippen molar-refractivity contribution in [2.75, 3.05) is 7.11 Å².